The number of nitrogens with one attached hydrogen (secondary N) is 1. The first-order valence-corrected chi connectivity index (χ1v) is 6.12. The van der Waals surface area contributed by atoms with Crippen LogP contribution in [0, 0.1) is 11.3 Å². The van der Waals surface area contributed by atoms with Crippen molar-refractivity contribution in [1.29, 1.82) is 5.26 Å². The molecule has 2 aromatic heterocycles. The third-order valence-electron chi connectivity index (χ3n) is 2.68. The maximum Gasteiger partial charge on any atom is 0.190 e. The smallest absolute Gasteiger partial charge is 0.190 e. The van der Waals surface area contributed by atoms with Crippen molar-refractivity contribution < 1.29 is 0 Å². The van der Waals surface area contributed by atoms with Gasteiger partial charge in [0.2, 0.25) is 0 Å². The Balaban J connectivity index is 2.00. The number of aromatic amines is 1. The van der Waals surface area contributed by atoms with E-state index in [0.29, 0.717) is 4.88 Å². The first-order valence-electron chi connectivity index (χ1n) is 5.31. The molecule has 0 aliphatic heterocycles. The van der Waals surface area contributed by atoms with Crippen LogP contribution in [0.5, 0.6) is 0 Å². The summed E-state index contributed by atoms with van der Waals surface area (Å²) in [4.78, 5) is 14.0. The predicted molar refractivity (Wildman–Crippen MR) is 71.0 cm³/mol. The molecule has 0 amide bonds. The largest absolute Gasteiger partial charge is 0.345 e. The molecule has 18 heavy (non-hydrogen) atoms. The molecule has 5 nitrogen and oxygen atoms in total. The van der Waals surface area contributed by atoms with Gasteiger partial charge < -0.3 is 9.88 Å². The number of thiazole rings is 1. The molecule has 0 fully saturated rings. The van der Waals surface area contributed by atoms with Crippen molar-refractivity contribution in [1.82, 2.24) is 15.0 Å². The van der Waals surface area contributed by atoms with Crippen LogP contribution in [0.4, 0.5) is 10.8 Å². The van der Waals surface area contributed by atoms with Crippen LogP contribution in [0.2, 0.25) is 0 Å². The molecular formula is C12H9N5S. The van der Waals surface area contributed by atoms with E-state index in [-0.39, 0.29) is 0 Å². The standard InChI is InChI=1S/C12H9N5S/c1-17(12-14-6-9(5-13)18-12)8-2-3-10-11(4-8)16-7-15-10/h2-4,6-7H,1H3,(H,15,16). The second-order valence-corrected chi connectivity index (χ2v) is 4.79. The number of aromatic nitrogens is 3. The average molecular weight is 255 g/mol. The molecule has 0 unspecified atom stereocenters. The van der Waals surface area contributed by atoms with Gasteiger partial charge in [-0.05, 0) is 18.2 Å². The zero-order valence-electron chi connectivity index (χ0n) is 9.58. The van der Waals surface area contributed by atoms with Crippen molar-refractivity contribution in [3.05, 3.63) is 35.6 Å². The van der Waals surface area contributed by atoms with Gasteiger partial charge in [-0.3, -0.25) is 0 Å². The van der Waals surface area contributed by atoms with Gasteiger partial charge in [0.25, 0.3) is 0 Å². The molecule has 0 saturated carbocycles. The van der Waals surface area contributed by atoms with Crippen LogP contribution >= 0.6 is 11.3 Å². The van der Waals surface area contributed by atoms with Crippen molar-refractivity contribution >= 4 is 33.2 Å². The predicted octanol–water partition coefficient (Wildman–Crippen LogP) is 2.66. The van der Waals surface area contributed by atoms with Crippen molar-refractivity contribution in [2.45, 2.75) is 0 Å². The highest BCUT2D eigenvalue weighted by Gasteiger charge is 2.09. The van der Waals surface area contributed by atoms with Crippen LogP contribution in [-0.4, -0.2) is 22.0 Å². The Morgan fingerprint density at radius 1 is 1.39 bits per heavy atom. The Morgan fingerprint density at radius 3 is 3.06 bits per heavy atom. The summed E-state index contributed by atoms with van der Waals surface area (Å²) in [5.74, 6) is 0. The Bertz CT molecular complexity index is 736. The average Bonchev–Trinajstić information content (AvgIpc) is 3.05. The second kappa shape index (κ2) is 4.13. The lowest BCUT2D eigenvalue weighted by atomic mass is 10.2. The van der Waals surface area contributed by atoms with Gasteiger partial charge in [0.1, 0.15) is 10.9 Å². The molecule has 3 rings (SSSR count). The fourth-order valence-electron chi connectivity index (χ4n) is 1.71. The number of nitriles is 1. The van der Waals surface area contributed by atoms with E-state index in [9.17, 15) is 0 Å². The van der Waals surface area contributed by atoms with E-state index in [1.165, 1.54) is 11.3 Å². The number of rotatable bonds is 2. The molecule has 1 N–H and O–H groups in total. The van der Waals surface area contributed by atoms with Gasteiger partial charge in [0, 0.05) is 12.7 Å². The zero-order chi connectivity index (χ0) is 12.5. The highest BCUT2D eigenvalue weighted by Crippen LogP contribution is 2.29. The number of hydrogen-bond donors (Lipinski definition) is 1. The Morgan fingerprint density at radius 2 is 2.28 bits per heavy atom. The summed E-state index contributed by atoms with van der Waals surface area (Å²) < 4.78 is 0. The van der Waals surface area contributed by atoms with Crippen molar-refractivity contribution in [2.24, 2.45) is 0 Å². The molecular weight excluding hydrogens is 246 g/mol. The summed E-state index contributed by atoms with van der Waals surface area (Å²) in [5, 5.41) is 9.60. The van der Waals surface area contributed by atoms with Gasteiger partial charge in [-0.1, -0.05) is 11.3 Å². The van der Waals surface area contributed by atoms with Crippen molar-refractivity contribution in [2.75, 3.05) is 11.9 Å². The van der Waals surface area contributed by atoms with E-state index in [1.54, 1.807) is 12.5 Å². The summed E-state index contributed by atoms with van der Waals surface area (Å²) in [6.45, 7) is 0. The number of H-pyrrole nitrogens is 1. The van der Waals surface area contributed by atoms with Crippen LogP contribution in [0.1, 0.15) is 4.88 Å². The van der Waals surface area contributed by atoms with Gasteiger partial charge in [-0.25, -0.2) is 9.97 Å². The zero-order valence-corrected chi connectivity index (χ0v) is 10.4. The Hall–Kier alpha value is -2.39. The summed E-state index contributed by atoms with van der Waals surface area (Å²) in [6.07, 6.45) is 3.26. The molecule has 0 aliphatic rings. The number of anilines is 2. The van der Waals surface area contributed by atoms with Crippen LogP contribution < -0.4 is 4.90 Å². The highest BCUT2D eigenvalue weighted by atomic mass is 32.1. The first-order chi connectivity index (χ1) is 8.78. The molecule has 0 radical (unpaired) electrons. The van der Waals surface area contributed by atoms with Gasteiger partial charge in [-0.2, -0.15) is 5.26 Å². The second-order valence-electron chi connectivity index (χ2n) is 3.78. The van der Waals surface area contributed by atoms with Gasteiger partial charge in [0.15, 0.2) is 5.13 Å². The fourth-order valence-corrected chi connectivity index (χ4v) is 2.41. The topological polar surface area (TPSA) is 68.6 Å². The number of imidazole rings is 1. The quantitative estimate of drug-likeness (QED) is 0.764. The minimum Gasteiger partial charge on any atom is -0.345 e. The Kier molecular flexibility index (Phi) is 2.46. The van der Waals surface area contributed by atoms with E-state index in [2.05, 4.69) is 21.0 Å². The number of nitrogens with zero attached hydrogens (tertiary/aromatic N) is 4. The van der Waals surface area contributed by atoms with E-state index >= 15 is 0 Å². The van der Waals surface area contributed by atoms with E-state index in [1.807, 2.05) is 30.1 Å². The van der Waals surface area contributed by atoms with Crippen LogP contribution in [0.3, 0.4) is 0 Å². The third-order valence-corrected chi connectivity index (χ3v) is 3.66. The minimum atomic E-state index is 0.611. The SMILES string of the molecule is CN(c1ccc2nc[nH]c2c1)c1ncc(C#N)s1. The minimum absolute atomic E-state index is 0.611. The Labute approximate surface area is 107 Å². The molecule has 0 bridgehead atoms. The number of hydrogen-bond acceptors (Lipinski definition) is 5. The summed E-state index contributed by atoms with van der Waals surface area (Å²) in [7, 11) is 1.93. The number of benzene rings is 1. The van der Waals surface area contributed by atoms with Gasteiger partial charge in [-0.15, -0.1) is 0 Å². The molecule has 2 heterocycles. The first kappa shape index (κ1) is 10.7. The molecule has 1 aromatic carbocycles. The maximum absolute atomic E-state index is 8.81. The van der Waals surface area contributed by atoms with Crippen molar-refractivity contribution in [3.63, 3.8) is 0 Å². The summed E-state index contributed by atoms with van der Waals surface area (Å²) in [5.41, 5.74) is 2.92. The molecule has 0 aliphatic carbocycles. The van der Waals surface area contributed by atoms with Crippen LogP contribution in [-0.2, 0) is 0 Å². The molecule has 0 saturated heterocycles. The van der Waals surface area contributed by atoms with Crippen LogP contribution in [0.25, 0.3) is 11.0 Å². The van der Waals surface area contributed by atoms with E-state index in [0.717, 1.165) is 21.9 Å². The van der Waals surface area contributed by atoms with Gasteiger partial charge >= 0.3 is 0 Å². The van der Waals surface area contributed by atoms with E-state index < -0.39 is 0 Å². The van der Waals surface area contributed by atoms with E-state index in [4.69, 9.17) is 5.26 Å². The van der Waals surface area contributed by atoms with Gasteiger partial charge in [0.05, 0.1) is 23.6 Å². The molecule has 88 valence electrons. The van der Waals surface area contributed by atoms with Crippen molar-refractivity contribution in [3.8, 4) is 6.07 Å². The van der Waals surface area contributed by atoms with Crippen LogP contribution in [0.15, 0.2) is 30.7 Å². The molecule has 0 atom stereocenters. The summed E-state index contributed by atoms with van der Waals surface area (Å²) in [6, 6.07) is 8.04. The fraction of sp³-hybridized carbons (Fsp3) is 0.0833. The normalized spacial score (nSPS) is 10.4. The summed E-state index contributed by atoms with van der Waals surface area (Å²) >= 11 is 1.37. The highest BCUT2D eigenvalue weighted by molar-refractivity contribution is 7.16. The lowest BCUT2D eigenvalue weighted by Crippen LogP contribution is -2.08. The lowest BCUT2D eigenvalue weighted by molar-refractivity contribution is 1.17. The maximum atomic E-state index is 8.81. The number of fused-ring (bicyclic) bond motifs is 1. The monoisotopic (exact) mass is 255 g/mol. The molecule has 3 aromatic rings. The molecule has 0 spiro atoms. The third kappa shape index (κ3) is 1.71. The molecule has 6 heteroatoms. The lowest BCUT2D eigenvalue weighted by Gasteiger charge is -2.15.